The van der Waals surface area contributed by atoms with E-state index in [1.54, 1.807) is 18.2 Å². The molecule has 10 heteroatoms. The summed E-state index contributed by atoms with van der Waals surface area (Å²) in [7, 11) is 0. The number of aromatic amines is 1. The summed E-state index contributed by atoms with van der Waals surface area (Å²) >= 11 is 0. The van der Waals surface area contributed by atoms with Gasteiger partial charge in [-0.05, 0) is 35.9 Å². The Morgan fingerprint density at radius 1 is 1.11 bits per heavy atom. The lowest BCUT2D eigenvalue weighted by Crippen LogP contribution is -2.53. The molecule has 0 bridgehead atoms. The molecule has 1 saturated heterocycles. The molecule has 1 amide bonds. The number of nitrogens with one attached hydrogen (secondary N) is 2. The number of benzene rings is 2. The van der Waals surface area contributed by atoms with Gasteiger partial charge in [-0.15, -0.1) is 0 Å². The van der Waals surface area contributed by atoms with Crippen LogP contribution in [-0.2, 0) is 26.6 Å². The number of aromatic nitrogens is 4. The maximum Gasteiger partial charge on any atom is 0.310 e. The number of hydrogen-bond donors (Lipinski definition) is 3. The van der Waals surface area contributed by atoms with Gasteiger partial charge < -0.3 is 25.5 Å². The molecular formula is C26H25FN6O3. The van der Waals surface area contributed by atoms with Crippen molar-refractivity contribution in [3.63, 3.8) is 0 Å². The zero-order chi connectivity index (χ0) is 25.1. The highest BCUT2D eigenvalue weighted by Gasteiger charge is 2.49. The molecule has 3 heterocycles. The molecule has 1 aliphatic rings. The fraction of sp³-hybridized carbons (Fsp3) is 0.231. The quantitative estimate of drug-likeness (QED) is 0.379. The highest BCUT2D eigenvalue weighted by molar-refractivity contribution is 5.86. The van der Waals surface area contributed by atoms with Crippen molar-refractivity contribution in [1.82, 2.24) is 25.3 Å². The van der Waals surface area contributed by atoms with Crippen molar-refractivity contribution in [2.24, 2.45) is 5.92 Å². The first-order chi connectivity index (χ1) is 17.4. The minimum atomic E-state index is -1.81. The number of rotatable bonds is 6. The van der Waals surface area contributed by atoms with Gasteiger partial charge in [0.2, 0.25) is 5.95 Å². The van der Waals surface area contributed by atoms with E-state index in [4.69, 9.17) is 20.2 Å². The van der Waals surface area contributed by atoms with Crippen molar-refractivity contribution in [3.8, 4) is 22.6 Å². The predicted octanol–water partition coefficient (Wildman–Crippen LogP) is 3.41. The summed E-state index contributed by atoms with van der Waals surface area (Å²) in [6, 6.07) is 17.0. The first-order valence-corrected chi connectivity index (χ1v) is 11.5. The fourth-order valence-electron chi connectivity index (χ4n) is 3.92. The highest BCUT2D eigenvalue weighted by atomic mass is 19.1. The summed E-state index contributed by atoms with van der Waals surface area (Å²) in [6.07, 6.45) is 1.52. The van der Waals surface area contributed by atoms with Crippen molar-refractivity contribution in [3.05, 3.63) is 84.1 Å². The zero-order valence-corrected chi connectivity index (χ0v) is 19.6. The van der Waals surface area contributed by atoms with Gasteiger partial charge in [-0.2, -0.15) is 0 Å². The number of anilines is 1. The standard InChI is InChI=1S/C26H25FN6O3/c1-16-14-35-26(36-15-16,24(34)30-13-17-5-3-2-4-6-17)23-32-21(18-7-9-19(27)10-8-18)22(33-23)20-11-12-29-25(28)31-20/h2-12,16H,13-15H2,1H3,(H,30,34)(H,32,33)(H2,28,29,31). The van der Waals surface area contributed by atoms with Gasteiger partial charge >= 0.3 is 5.79 Å². The molecule has 0 spiro atoms. The molecular weight excluding hydrogens is 463 g/mol. The van der Waals surface area contributed by atoms with E-state index >= 15 is 0 Å². The summed E-state index contributed by atoms with van der Waals surface area (Å²) in [5.41, 5.74) is 8.70. The molecule has 36 heavy (non-hydrogen) atoms. The first-order valence-electron chi connectivity index (χ1n) is 11.5. The Morgan fingerprint density at radius 3 is 2.53 bits per heavy atom. The predicted molar refractivity (Wildman–Crippen MR) is 130 cm³/mol. The van der Waals surface area contributed by atoms with Crippen LogP contribution in [0.15, 0.2) is 66.9 Å². The molecule has 2 aromatic carbocycles. The van der Waals surface area contributed by atoms with Crippen LogP contribution in [0.3, 0.4) is 0 Å². The number of nitrogens with two attached hydrogens (primary N) is 1. The molecule has 4 N–H and O–H groups in total. The summed E-state index contributed by atoms with van der Waals surface area (Å²) in [4.78, 5) is 29.7. The Bertz CT molecular complexity index is 1350. The van der Waals surface area contributed by atoms with E-state index in [9.17, 15) is 9.18 Å². The number of nitrogen functional groups attached to an aromatic ring is 1. The Kier molecular flexibility index (Phi) is 6.45. The second-order valence-corrected chi connectivity index (χ2v) is 8.63. The normalized spacial score (nSPS) is 19.7. The van der Waals surface area contributed by atoms with E-state index in [1.807, 2.05) is 37.3 Å². The fourth-order valence-corrected chi connectivity index (χ4v) is 3.92. The minimum absolute atomic E-state index is 0.0722. The molecule has 0 radical (unpaired) electrons. The van der Waals surface area contributed by atoms with Gasteiger partial charge in [-0.1, -0.05) is 37.3 Å². The maximum absolute atomic E-state index is 13.6. The number of nitrogens with zero attached hydrogens (tertiary/aromatic N) is 3. The average molecular weight is 489 g/mol. The van der Waals surface area contributed by atoms with Gasteiger partial charge in [0, 0.05) is 24.2 Å². The van der Waals surface area contributed by atoms with E-state index in [2.05, 4.69) is 20.3 Å². The third-order valence-corrected chi connectivity index (χ3v) is 5.80. The molecule has 4 aromatic rings. The SMILES string of the molecule is CC1COC(C(=O)NCc2ccccc2)(c2nc(-c3ccc(F)cc3)c(-c3ccnc(N)n3)[nH]2)OC1. The molecule has 0 aliphatic carbocycles. The summed E-state index contributed by atoms with van der Waals surface area (Å²) in [5.74, 6) is -2.38. The van der Waals surface area contributed by atoms with Gasteiger partial charge in [-0.25, -0.2) is 19.3 Å². The maximum atomic E-state index is 13.6. The molecule has 5 rings (SSSR count). The highest BCUT2D eigenvalue weighted by Crippen LogP contribution is 2.37. The van der Waals surface area contributed by atoms with Crippen LogP contribution in [0.25, 0.3) is 22.6 Å². The number of imidazole rings is 1. The molecule has 1 aliphatic heterocycles. The average Bonchev–Trinajstić information content (AvgIpc) is 3.35. The largest absolute Gasteiger partial charge is 0.368 e. The number of amides is 1. The van der Waals surface area contributed by atoms with Gasteiger partial charge in [0.25, 0.3) is 5.91 Å². The van der Waals surface area contributed by atoms with Crippen molar-refractivity contribution < 1.29 is 18.7 Å². The Labute approximate surface area is 206 Å². The van der Waals surface area contributed by atoms with Gasteiger partial charge in [0.15, 0.2) is 5.82 Å². The third-order valence-electron chi connectivity index (χ3n) is 5.80. The van der Waals surface area contributed by atoms with E-state index in [0.29, 0.717) is 35.9 Å². The summed E-state index contributed by atoms with van der Waals surface area (Å²) < 4.78 is 25.7. The van der Waals surface area contributed by atoms with E-state index in [0.717, 1.165) is 5.56 Å². The van der Waals surface area contributed by atoms with Gasteiger partial charge in [0.1, 0.15) is 5.82 Å². The lowest BCUT2D eigenvalue weighted by Gasteiger charge is -2.36. The van der Waals surface area contributed by atoms with Crippen LogP contribution in [0, 0.1) is 11.7 Å². The number of hydrogen-bond acceptors (Lipinski definition) is 7. The van der Waals surface area contributed by atoms with E-state index in [-0.39, 0.29) is 30.1 Å². The Hall–Kier alpha value is -4.15. The van der Waals surface area contributed by atoms with Crippen LogP contribution in [0.5, 0.6) is 0 Å². The third kappa shape index (κ3) is 4.68. The monoisotopic (exact) mass is 488 g/mol. The number of H-pyrrole nitrogens is 1. The van der Waals surface area contributed by atoms with Crippen LogP contribution >= 0.6 is 0 Å². The van der Waals surface area contributed by atoms with Crippen LogP contribution < -0.4 is 11.1 Å². The lowest BCUT2D eigenvalue weighted by molar-refractivity contribution is -0.277. The molecule has 0 unspecified atom stereocenters. The van der Waals surface area contributed by atoms with Crippen molar-refractivity contribution >= 4 is 11.9 Å². The summed E-state index contributed by atoms with van der Waals surface area (Å²) in [5, 5.41) is 2.90. The molecule has 2 aromatic heterocycles. The van der Waals surface area contributed by atoms with Crippen LogP contribution in [-0.4, -0.2) is 39.1 Å². The van der Waals surface area contributed by atoms with Gasteiger partial charge in [0.05, 0.1) is 30.3 Å². The van der Waals surface area contributed by atoms with Crippen LogP contribution in [0.2, 0.25) is 0 Å². The number of halogens is 1. The van der Waals surface area contributed by atoms with Crippen LogP contribution in [0.1, 0.15) is 18.3 Å². The molecule has 1 fully saturated rings. The van der Waals surface area contributed by atoms with E-state index in [1.165, 1.54) is 18.3 Å². The Balaban J connectivity index is 1.58. The Morgan fingerprint density at radius 2 is 1.83 bits per heavy atom. The number of ether oxygens (including phenoxy) is 2. The second-order valence-electron chi connectivity index (χ2n) is 8.63. The lowest BCUT2D eigenvalue weighted by atomic mass is 10.1. The molecule has 0 atom stereocenters. The van der Waals surface area contributed by atoms with Crippen molar-refractivity contribution in [2.75, 3.05) is 18.9 Å². The second kappa shape index (κ2) is 9.84. The molecule has 9 nitrogen and oxygen atoms in total. The summed E-state index contributed by atoms with van der Waals surface area (Å²) in [6.45, 7) is 2.83. The minimum Gasteiger partial charge on any atom is -0.368 e. The zero-order valence-electron chi connectivity index (χ0n) is 19.6. The first kappa shape index (κ1) is 23.6. The smallest absolute Gasteiger partial charge is 0.310 e. The van der Waals surface area contributed by atoms with Gasteiger partial charge in [-0.3, -0.25) is 4.79 Å². The van der Waals surface area contributed by atoms with E-state index < -0.39 is 11.7 Å². The van der Waals surface area contributed by atoms with Crippen molar-refractivity contribution in [2.45, 2.75) is 19.3 Å². The van der Waals surface area contributed by atoms with Crippen LogP contribution in [0.4, 0.5) is 10.3 Å². The number of carbonyl (C=O) groups is 1. The molecule has 0 saturated carbocycles. The molecule has 184 valence electrons. The number of carbonyl (C=O) groups excluding carboxylic acids is 1. The van der Waals surface area contributed by atoms with Crippen molar-refractivity contribution in [1.29, 1.82) is 0 Å². The topological polar surface area (TPSA) is 128 Å².